The summed E-state index contributed by atoms with van der Waals surface area (Å²) in [5, 5.41) is 6.92. The number of rotatable bonds is 4. The fourth-order valence-electron chi connectivity index (χ4n) is 3.98. The Kier molecular flexibility index (Phi) is 4.72. The van der Waals surface area contributed by atoms with Crippen LogP contribution in [0, 0.1) is 0 Å². The molecule has 0 amide bonds. The van der Waals surface area contributed by atoms with Gasteiger partial charge in [-0.2, -0.15) is 18.3 Å². The molecule has 11 heteroatoms. The van der Waals surface area contributed by atoms with Crippen LogP contribution >= 0.6 is 0 Å². The van der Waals surface area contributed by atoms with Crippen LogP contribution in [0.4, 0.5) is 27.8 Å². The van der Waals surface area contributed by atoms with Crippen LogP contribution in [0.3, 0.4) is 0 Å². The molecule has 0 fully saturated rings. The second kappa shape index (κ2) is 7.35. The van der Waals surface area contributed by atoms with Crippen molar-refractivity contribution >= 4 is 5.82 Å². The molecule has 168 valence electrons. The van der Waals surface area contributed by atoms with E-state index in [9.17, 15) is 22.0 Å². The van der Waals surface area contributed by atoms with Crippen molar-refractivity contribution in [3.05, 3.63) is 59.0 Å². The van der Waals surface area contributed by atoms with Crippen LogP contribution in [0.1, 0.15) is 35.4 Å². The van der Waals surface area contributed by atoms with Crippen LogP contribution in [-0.4, -0.2) is 21.1 Å². The monoisotopic (exact) mass is 452 g/mol. The van der Waals surface area contributed by atoms with Crippen molar-refractivity contribution in [3.63, 3.8) is 0 Å². The van der Waals surface area contributed by atoms with Crippen molar-refractivity contribution in [1.29, 1.82) is 0 Å². The molecule has 0 unspecified atom stereocenters. The quantitative estimate of drug-likeness (QED) is 0.559. The molecule has 0 atom stereocenters. The van der Waals surface area contributed by atoms with E-state index < -0.39 is 18.2 Å². The van der Waals surface area contributed by atoms with Gasteiger partial charge in [0.15, 0.2) is 17.2 Å². The second-order valence-corrected chi connectivity index (χ2v) is 7.59. The Labute approximate surface area is 179 Å². The van der Waals surface area contributed by atoms with Gasteiger partial charge in [0.1, 0.15) is 5.82 Å². The van der Waals surface area contributed by atoms with Gasteiger partial charge < -0.3 is 14.8 Å². The predicted molar refractivity (Wildman–Crippen MR) is 103 cm³/mol. The first kappa shape index (κ1) is 20.5. The normalized spacial score (nSPS) is 16.7. The number of aromatic nitrogens is 3. The third-order valence-electron chi connectivity index (χ3n) is 5.38. The first-order valence-electron chi connectivity index (χ1n) is 9.97. The topological polar surface area (TPSA) is 61.2 Å². The maximum absolute atomic E-state index is 13.5. The van der Waals surface area contributed by atoms with Gasteiger partial charge in [-0.1, -0.05) is 6.07 Å². The molecule has 5 rings (SSSR count). The largest absolute Gasteiger partial charge is 0.586 e. The van der Waals surface area contributed by atoms with Crippen molar-refractivity contribution < 1.29 is 31.4 Å². The number of nitrogens with zero attached hydrogens (tertiary/aromatic N) is 3. The molecule has 0 bridgehead atoms. The molecule has 1 aliphatic carbocycles. The Morgan fingerprint density at radius 2 is 1.81 bits per heavy atom. The summed E-state index contributed by atoms with van der Waals surface area (Å²) >= 11 is 0. The van der Waals surface area contributed by atoms with E-state index in [-0.39, 0.29) is 23.6 Å². The molecule has 1 aliphatic heterocycles. The van der Waals surface area contributed by atoms with Crippen LogP contribution in [0.15, 0.2) is 36.5 Å². The summed E-state index contributed by atoms with van der Waals surface area (Å²) < 4.78 is 76.9. The van der Waals surface area contributed by atoms with Gasteiger partial charge in [0.2, 0.25) is 0 Å². The molecule has 32 heavy (non-hydrogen) atoms. The molecule has 3 heterocycles. The van der Waals surface area contributed by atoms with Crippen molar-refractivity contribution in [3.8, 4) is 17.2 Å². The van der Waals surface area contributed by atoms with Gasteiger partial charge in [0.25, 0.3) is 0 Å². The van der Waals surface area contributed by atoms with Gasteiger partial charge in [0, 0.05) is 30.1 Å². The lowest BCUT2D eigenvalue weighted by atomic mass is 9.95. The summed E-state index contributed by atoms with van der Waals surface area (Å²) in [5.41, 5.74) is 1.08. The standard InChI is InChI=1S/C21H17F5N4O2/c22-20(23,24)19-14-3-1-2-4-15(14)30(29-19)13-7-8-27-18(10-13)28-11-12-5-6-16-17(9-12)32-21(25,26)31-16/h5-10H,1-4,11H2,(H,27,28). The molecule has 0 radical (unpaired) electrons. The van der Waals surface area contributed by atoms with E-state index in [0.29, 0.717) is 42.0 Å². The Bertz CT molecular complexity index is 1180. The second-order valence-electron chi connectivity index (χ2n) is 7.59. The van der Waals surface area contributed by atoms with E-state index >= 15 is 0 Å². The van der Waals surface area contributed by atoms with E-state index in [1.807, 2.05) is 0 Å². The fourth-order valence-corrected chi connectivity index (χ4v) is 3.98. The summed E-state index contributed by atoms with van der Waals surface area (Å²) in [7, 11) is 0. The highest BCUT2D eigenvalue weighted by molar-refractivity contribution is 5.49. The van der Waals surface area contributed by atoms with Crippen molar-refractivity contribution in [1.82, 2.24) is 14.8 Å². The zero-order valence-electron chi connectivity index (χ0n) is 16.5. The van der Waals surface area contributed by atoms with Crippen LogP contribution in [0.25, 0.3) is 5.69 Å². The lowest BCUT2D eigenvalue weighted by molar-refractivity contribution is -0.286. The smallest absolute Gasteiger partial charge is 0.395 e. The first-order chi connectivity index (χ1) is 15.2. The third kappa shape index (κ3) is 3.82. The lowest BCUT2D eigenvalue weighted by Gasteiger charge is -2.15. The van der Waals surface area contributed by atoms with E-state index in [1.54, 1.807) is 18.2 Å². The molecular weight excluding hydrogens is 435 g/mol. The number of hydrogen-bond donors (Lipinski definition) is 1. The SMILES string of the molecule is FC1(F)Oc2ccc(CNc3cc(-n4nc(C(F)(F)F)c5c4CCCC5)ccn3)cc2O1. The molecule has 1 N–H and O–H groups in total. The number of alkyl halides is 5. The summed E-state index contributed by atoms with van der Waals surface area (Å²) in [5.74, 6) is 0.278. The van der Waals surface area contributed by atoms with Crippen LogP contribution in [0.5, 0.6) is 11.5 Å². The maximum atomic E-state index is 13.5. The highest BCUT2D eigenvalue weighted by Gasteiger charge is 2.43. The molecular formula is C21H17F5N4O2. The average molecular weight is 452 g/mol. The zero-order valence-corrected chi connectivity index (χ0v) is 16.5. The Morgan fingerprint density at radius 3 is 2.62 bits per heavy atom. The average Bonchev–Trinajstić information content (AvgIpc) is 3.28. The molecule has 6 nitrogen and oxygen atoms in total. The van der Waals surface area contributed by atoms with Gasteiger partial charge in [-0.15, -0.1) is 8.78 Å². The summed E-state index contributed by atoms with van der Waals surface area (Å²) in [6.07, 6.45) is -4.36. The molecule has 0 spiro atoms. The van der Waals surface area contributed by atoms with E-state index in [0.717, 1.165) is 6.42 Å². The molecule has 0 saturated carbocycles. The number of pyridine rings is 1. The van der Waals surface area contributed by atoms with Gasteiger partial charge in [0.05, 0.1) is 5.69 Å². The predicted octanol–water partition coefficient (Wildman–Crippen LogP) is 5.10. The van der Waals surface area contributed by atoms with E-state index in [2.05, 4.69) is 24.9 Å². The maximum Gasteiger partial charge on any atom is 0.586 e. The minimum Gasteiger partial charge on any atom is -0.395 e. The molecule has 1 aromatic carbocycles. The summed E-state index contributed by atoms with van der Waals surface area (Å²) in [4.78, 5) is 4.19. The van der Waals surface area contributed by atoms with Crippen LogP contribution in [0.2, 0.25) is 0 Å². The number of anilines is 1. The Hall–Kier alpha value is -3.37. The number of halogens is 5. The fraction of sp³-hybridized carbons (Fsp3) is 0.333. The molecule has 3 aromatic rings. The highest BCUT2D eigenvalue weighted by atomic mass is 19.4. The van der Waals surface area contributed by atoms with Gasteiger partial charge >= 0.3 is 12.5 Å². The molecule has 0 saturated heterocycles. The third-order valence-corrected chi connectivity index (χ3v) is 5.38. The van der Waals surface area contributed by atoms with Crippen molar-refractivity contribution in [2.45, 2.75) is 44.7 Å². The number of hydrogen-bond acceptors (Lipinski definition) is 5. The lowest BCUT2D eigenvalue weighted by Crippen LogP contribution is -2.25. The number of fused-ring (bicyclic) bond motifs is 2. The minimum absolute atomic E-state index is 0.0530. The van der Waals surface area contributed by atoms with Gasteiger partial charge in [-0.25, -0.2) is 9.67 Å². The van der Waals surface area contributed by atoms with Crippen LogP contribution < -0.4 is 14.8 Å². The van der Waals surface area contributed by atoms with Crippen molar-refractivity contribution in [2.75, 3.05) is 5.32 Å². The highest BCUT2D eigenvalue weighted by Crippen LogP contribution is 2.41. The minimum atomic E-state index is -4.52. The zero-order chi connectivity index (χ0) is 22.5. The van der Waals surface area contributed by atoms with Gasteiger partial charge in [-0.05, 0) is 49.4 Å². The molecule has 2 aromatic heterocycles. The summed E-state index contributed by atoms with van der Waals surface area (Å²) in [6, 6.07) is 7.59. The molecule has 2 aliphatic rings. The summed E-state index contributed by atoms with van der Waals surface area (Å²) in [6.45, 7) is 0.226. The van der Waals surface area contributed by atoms with E-state index in [4.69, 9.17) is 0 Å². The van der Waals surface area contributed by atoms with Crippen LogP contribution in [-0.2, 0) is 25.6 Å². The van der Waals surface area contributed by atoms with E-state index in [1.165, 1.54) is 23.0 Å². The number of ether oxygens (including phenoxy) is 2. The Balaban J connectivity index is 1.38. The first-order valence-corrected chi connectivity index (χ1v) is 9.97. The number of benzene rings is 1. The van der Waals surface area contributed by atoms with Crippen molar-refractivity contribution in [2.24, 2.45) is 0 Å². The Morgan fingerprint density at radius 1 is 1.03 bits per heavy atom. The number of nitrogens with one attached hydrogen (secondary N) is 1. The van der Waals surface area contributed by atoms with Gasteiger partial charge in [-0.3, -0.25) is 0 Å².